The van der Waals surface area contributed by atoms with Crippen molar-refractivity contribution in [1.29, 1.82) is 0 Å². The van der Waals surface area contributed by atoms with Crippen LogP contribution < -0.4 is 4.90 Å². The Morgan fingerprint density at radius 3 is 2.32 bits per heavy atom. The van der Waals surface area contributed by atoms with Crippen LogP contribution >= 0.6 is 0 Å². The largest absolute Gasteiger partial charge is 0.367 e. The first-order valence-electron chi connectivity index (χ1n) is 8.10. The molecule has 0 radical (unpaired) electrons. The molecule has 1 heterocycles. The number of likely N-dealkylation sites (N-methyl/N-ethyl adjacent to an activating group) is 1. The van der Waals surface area contributed by atoms with Crippen LogP contribution in [-0.4, -0.2) is 61.0 Å². The van der Waals surface area contributed by atoms with Crippen molar-refractivity contribution in [2.45, 2.75) is 26.8 Å². The summed E-state index contributed by atoms with van der Waals surface area (Å²) in [5.74, 6) is 0.00700. The Bertz CT molecular complexity index is 496. The van der Waals surface area contributed by atoms with E-state index in [1.54, 1.807) is 6.07 Å². The van der Waals surface area contributed by atoms with Crippen LogP contribution in [0.3, 0.4) is 0 Å². The molecule has 1 aliphatic heterocycles. The predicted octanol–water partition coefficient (Wildman–Crippen LogP) is 2.20. The smallest absolute Gasteiger partial charge is 0.239 e. The molecule has 0 N–H and O–H groups in total. The van der Waals surface area contributed by atoms with Crippen molar-refractivity contribution in [3.8, 4) is 0 Å². The number of anilines is 1. The molecule has 0 bridgehead atoms. The SMILES string of the molecule is CCN(CC)C(=O)[C@H](C)N1CCN(c2ccccc2F)CC1. The first-order chi connectivity index (χ1) is 10.6. The molecule has 1 atom stereocenters. The average Bonchev–Trinajstić information content (AvgIpc) is 2.56. The summed E-state index contributed by atoms with van der Waals surface area (Å²) in [7, 11) is 0. The lowest BCUT2D eigenvalue weighted by atomic mass is 10.2. The topological polar surface area (TPSA) is 26.8 Å². The minimum atomic E-state index is -0.178. The van der Waals surface area contributed by atoms with E-state index >= 15 is 0 Å². The maximum Gasteiger partial charge on any atom is 0.239 e. The molecule has 1 fully saturated rings. The lowest BCUT2D eigenvalue weighted by Gasteiger charge is -2.39. The van der Waals surface area contributed by atoms with Crippen molar-refractivity contribution in [2.75, 3.05) is 44.2 Å². The van der Waals surface area contributed by atoms with Crippen LogP contribution in [0.25, 0.3) is 0 Å². The summed E-state index contributed by atoms with van der Waals surface area (Å²) in [6.07, 6.45) is 0. The number of halogens is 1. The van der Waals surface area contributed by atoms with Crippen molar-refractivity contribution >= 4 is 11.6 Å². The molecule has 122 valence electrons. The molecule has 22 heavy (non-hydrogen) atoms. The van der Waals surface area contributed by atoms with Gasteiger partial charge < -0.3 is 9.80 Å². The van der Waals surface area contributed by atoms with Crippen LogP contribution in [-0.2, 0) is 4.79 Å². The van der Waals surface area contributed by atoms with Gasteiger partial charge in [0, 0.05) is 39.3 Å². The number of benzene rings is 1. The minimum absolute atomic E-state index is 0.109. The van der Waals surface area contributed by atoms with Gasteiger partial charge in [-0.05, 0) is 32.9 Å². The molecular formula is C17H26FN3O. The Balaban J connectivity index is 1.94. The van der Waals surface area contributed by atoms with Gasteiger partial charge in [0.2, 0.25) is 5.91 Å². The van der Waals surface area contributed by atoms with Gasteiger partial charge >= 0.3 is 0 Å². The number of nitrogens with zero attached hydrogens (tertiary/aromatic N) is 3. The standard InChI is InChI=1S/C17H26FN3O/c1-4-19(5-2)17(22)14(3)20-10-12-21(13-11-20)16-9-7-6-8-15(16)18/h6-9,14H,4-5,10-13H2,1-3H3/t14-/m0/s1. The Morgan fingerprint density at radius 1 is 1.18 bits per heavy atom. The van der Waals surface area contributed by atoms with E-state index in [1.165, 1.54) is 6.07 Å². The van der Waals surface area contributed by atoms with Crippen LogP contribution in [0.15, 0.2) is 24.3 Å². The zero-order valence-corrected chi connectivity index (χ0v) is 13.8. The normalized spacial score (nSPS) is 17.4. The molecule has 0 aromatic heterocycles. The van der Waals surface area contributed by atoms with Crippen molar-refractivity contribution < 1.29 is 9.18 Å². The van der Waals surface area contributed by atoms with Gasteiger partial charge in [0.05, 0.1) is 11.7 Å². The maximum absolute atomic E-state index is 13.8. The molecule has 1 aliphatic rings. The molecule has 1 amide bonds. The van der Waals surface area contributed by atoms with Gasteiger partial charge in [0.15, 0.2) is 0 Å². The van der Waals surface area contributed by atoms with Crippen molar-refractivity contribution in [3.63, 3.8) is 0 Å². The van der Waals surface area contributed by atoms with E-state index in [2.05, 4.69) is 9.80 Å². The second-order valence-corrected chi connectivity index (χ2v) is 5.66. The second kappa shape index (κ2) is 7.58. The van der Waals surface area contributed by atoms with Gasteiger partial charge in [-0.3, -0.25) is 9.69 Å². The molecule has 0 aliphatic carbocycles. The summed E-state index contributed by atoms with van der Waals surface area (Å²) < 4.78 is 13.8. The van der Waals surface area contributed by atoms with Crippen LogP contribution in [0.5, 0.6) is 0 Å². The van der Waals surface area contributed by atoms with E-state index < -0.39 is 0 Å². The minimum Gasteiger partial charge on any atom is -0.367 e. The fourth-order valence-corrected chi connectivity index (χ4v) is 3.01. The average molecular weight is 307 g/mol. The van der Waals surface area contributed by atoms with E-state index in [9.17, 15) is 9.18 Å². The third kappa shape index (κ3) is 3.58. The number of piperazine rings is 1. The van der Waals surface area contributed by atoms with E-state index in [4.69, 9.17) is 0 Å². The van der Waals surface area contributed by atoms with E-state index in [-0.39, 0.29) is 17.8 Å². The molecule has 0 saturated carbocycles. The molecule has 0 unspecified atom stereocenters. The Hall–Kier alpha value is -1.62. The molecule has 5 heteroatoms. The van der Waals surface area contributed by atoms with Gasteiger partial charge in [-0.2, -0.15) is 0 Å². The van der Waals surface area contributed by atoms with E-state index in [1.807, 2.05) is 37.8 Å². The summed E-state index contributed by atoms with van der Waals surface area (Å²) in [4.78, 5) is 18.5. The van der Waals surface area contributed by atoms with Crippen molar-refractivity contribution in [1.82, 2.24) is 9.80 Å². The summed E-state index contributed by atoms with van der Waals surface area (Å²) in [5, 5.41) is 0. The monoisotopic (exact) mass is 307 g/mol. The Labute approximate surface area is 132 Å². The quantitative estimate of drug-likeness (QED) is 0.834. The number of hydrogen-bond donors (Lipinski definition) is 0. The lowest BCUT2D eigenvalue weighted by molar-refractivity contribution is -0.136. The first-order valence-corrected chi connectivity index (χ1v) is 8.10. The van der Waals surface area contributed by atoms with E-state index in [0.29, 0.717) is 5.69 Å². The van der Waals surface area contributed by atoms with Gasteiger partial charge in [0.1, 0.15) is 5.82 Å². The molecular weight excluding hydrogens is 281 g/mol. The van der Waals surface area contributed by atoms with Crippen LogP contribution in [0, 0.1) is 5.82 Å². The highest BCUT2D eigenvalue weighted by atomic mass is 19.1. The van der Waals surface area contributed by atoms with Gasteiger partial charge in [-0.15, -0.1) is 0 Å². The highest BCUT2D eigenvalue weighted by Gasteiger charge is 2.28. The van der Waals surface area contributed by atoms with Crippen molar-refractivity contribution in [3.05, 3.63) is 30.1 Å². The predicted molar refractivity (Wildman–Crippen MR) is 87.6 cm³/mol. The zero-order valence-electron chi connectivity index (χ0n) is 13.8. The van der Waals surface area contributed by atoms with Crippen molar-refractivity contribution in [2.24, 2.45) is 0 Å². The molecule has 1 aromatic carbocycles. The fraction of sp³-hybridized carbons (Fsp3) is 0.588. The number of amides is 1. The fourth-order valence-electron chi connectivity index (χ4n) is 3.01. The summed E-state index contributed by atoms with van der Waals surface area (Å²) >= 11 is 0. The summed E-state index contributed by atoms with van der Waals surface area (Å²) in [6, 6.07) is 6.77. The third-order valence-electron chi connectivity index (χ3n) is 4.49. The number of rotatable bonds is 5. The van der Waals surface area contributed by atoms with Gasteiger partial charge in [-0.25, -0.2) is 4.39 Å². The number of carbonyl (C=O) groups excluding carboxylic acids is 1. The molecule has 0 spiro atoms. The van der Waals surface area contributed by atoms with Crippen LogP contribution in [0.2, 0.25) is 0 Å². The van der Waals surface area contributed by atoms with Crippen LogP contribution in [0.4, 0.5) is 10.1 Å². The highest BCUT2D eigenvalue weighted by Crippen LogP contribution is 2.21. The molecule has 1 saturated heterocycles. The number of para-hydroxylation sites is 1. The molecule has 1 aromatic rings. The van der Waals surface area contributed by atoms with Crippen LogP contribution in [0.1, 0.15) is 20.8 Å². The maximum atomic E-state index is 13.8. The lowest BCUT2D eigenvalue weighted by Crippen LogP contribution is -2.54. The number of carbonyl (C=O) groups is 1. The molecule has 2 rings (SSSR count). The Kier molecular flexibility index (Phi) is 5.77. The zero-order chi connectivity index (χ0) is 16.1. The summed E-state index contributed by atoms with van der Waals surface area (Å²) in [6.45, 7) is 10.5. The second-order valence-electron chi connectivity index (χ2n) is 5.66. The number of hydrogen-bond acceptors (Lipinski definition) is 3. The van der Waals surface area contributed by atoms with Gasteiger partial charge in [0.25, 0.3) is 0 Å². The molecule has 4 nitrogen and oxygen atoms in total. The van der Waals surface area contributed by atoms with Gasteiger partial charge in [-0.1, -0.05) is 12.1 Å². The Morgan fingerprint density at radius 2 is 1.77 bits per heavy atom. The first kappa shape index (κ1) is 16.7. The summed E-state index contributed by atoms with van der Waals surface area (Å²) in [5.41, 5.74) is 0.657. The van der Waals surface area contributed by atoms with E-state index in [0.717, 1.165) is 39.3 Å². The third-order valence-corrected chi connectivity index (χ3v) is 4.49. The highest BCUT2D eigenvalue weighted by molar-refractivity contribution is 5.81.